The standard InChI is InChI=1S/C20H23FN2O/c1-15-10-11-17-7-3-5-9-19(17)23(15)14-20(24)22-13-12-16-6-2-4-8-18(16)21/h2-9,15H,10-14H2,1H3,(H,22,24)/t15-/m0/s1. The van der Waals surface area contributed by atoms with Crippen molar-refractivity contribution >= 4 is 11.6 Å². The Hall–Kier alpha value is -2.36. The van der Waals surface area contributed by atoms with Gasteiger partial charge in [-0.1, -0.05) is 36.4 Å². The van der Waals surface area contributed by atoms with Gasteiger partial charge in [-0.2, -0.15) is 0 Å². The molecule has 126 valence electrons. The smallest absolute Gasteiger partial charge is 0.239 e. The van der Waals surface area contributed by atoms with Gasteiger partial charge in [0.2, 0.25) is 5.91 Å². The van der Waals surface area contributed by atoms with Crippen LogP contribution in [0.1, 0.15) is 24.5 Å². The van der Waals surface area contributed by atoms with E-state index in [2.05, 4.69) is 29.3 Å². The highest BCUT2D eigenvalue weighted by Gasteiger charge is 2.24. The predicted octanol–water partition coefficient (Wildman–Crippen LogP) is 3.33. The van der Waals surface area contributed by atoms with E-state index in [0.717, 1.165) is 18.5 Å². The number of aryl methyl sites for hydroxylation is 1. The number of nitrogens with zero attached hydrogens (tertiary/aromatic N) is 1. The molecule has 1 heterocycles. The fraction of sp³-hybridized carbons (Fsp3) is 0.350. The minimum atomic E-state index is -0.217. The van der Waals surface area contributed by atoms with E-state index in [1.165, 1.54) is 11.6 Å². The molecular formula is C20H23FN2O. The fourth-order valence-corrected chi connectivity index (χ4v) is 3.25. The molecule has 0 aromatic heterocycles. The molecule has 24 heavy (non-hydrogen) atoms. The lowest BCUT2D eigenvalue weighted by Gasteiger charge is -2.36. The monoisotopic (exact) mass is 326 g/mol. The van der Waals surface area contributed by atoms with Crippen LogP contribution in [0.4, 0.5) is 10.1 Å². The molecule has 4 heteroatoms. The topological polar surface area (TPSA) is 32.3 Å². The maximum Gasteiger partial charge on any atom is 0.239 e. The van der Waals surface area contributed by atoms with Crippen LogP contribution in [0.5, 0.6) is 0 Å². The van der Waals surface area contributed by atoms with Gasteiger partial charge >= 0.3 is 0 Å². The van der Waals surface area contributed by atoms with Gasteiger partial charge in [0, 0.05) is 18.3 Å². The molecule has 1 amide bonds. The summed E-state index contributed by atoms with van der Waals surface area (Å²) in [4.78, 5) is 14.5. The van der Waals surface area contributed by atoms with Gasteiger partial charge in [0.15, 0.2) is 0 Å². The zero-order valence-corrected chi connectivity index (χ0v) is 14.0. The van der Waals surface area contributed by atoms with E-state index in [0.29, 0.717) is 31.1 Å². The molecule has 3 nitrogen and oxygen atoms in total. The lowest BCUT2D eigenvalue weighted by Crippen LogP contribution is -2.44. The maximum absolute atomic E-state index is 13.6. The first-order valence-electron chi connectivity index (χ1n) is 8.50. The van der Waals surface area contributed by atoms with Crippen LogP contribution in [0.25, 0.3) is 0 Å². The molecular weight excluding hydrogens is 303 g/mol. The largest absolute Gasteiger partial charge is 0.359 e. The van der Waals surface area contributed by atoms with Crippen LogP contribution in [-0.4, -0.2) is 25.0 Å². The summed E-state index contributed by atoms with van der Waals surface area (Å²) in [5, 5.41) is 2.91. The average Bonchev–Trinajstić information content (AvgIpc) is 2.59. The van der Waals surface area contributed by atoms with Crippen molar-refractivity contribution in [2.75, 3.05) is 18.0 Å². The summed E-state index contributed by atoms with van der Waals surface area (Å²) in [6.45, 7) is 2.95. The van der Waals surface area contributed by atoms with Crippen LogP contribution < -0.4 is 10.2 Å². The number of amides is 1. The molecule has 2 aromatic rings. The van der Waals surface area contributed by atoms with Crippen molar-refractivity contribution in [1.82, 2.24) is 5.32 Å². The average molecular weight is 326 g/mol. The van der Waals surface area contributed by atoms with Crippen LogP contribution in [0, 0.1) is 5.82 Å². The van der Waals surface area contributed by atoms with E-state index < -0.39 is 0 Å². The highest BCUT2D eigenvalue weighted by Crippen LogP contribution is 2.29. The minimum absolute atomic E-state index is 0.0186. The number of rotatable bonds is 5. The third kappa shape index (κ3) is 3.75. The summed E-state index contributed by atoms with van der Waals surface area (Å²) in [5.41, 5.74) is 3.09. The molecule has 0 aliphatic carbocycles. The van der Waals surface area contributed by atoms with Crippen molar-refractivity contribution in [3.05, 3.63) is 65.5 Å². The van der Waals surface area contributed by atoms with E-state index in [1.807, 2.05) is 18.2 Å². The Morgan fingerprint density at radius 3 is 2.79 bits per heavy atom. The second kappa shape index (κ2) is 7.47. The highest BCUT2D eigenvalue weighted by atomic mass is 19.1. The normalized spacial score (nSPS) is 16.6. The van der Waals surface area contributed by atoms with E-state index >= 15 is 0 Å². The Balaban J connectivity index is 1.56. The zero-order valence-electron chi connectivity index (χ0n) is 14.0. The molecule has 1 atom stereocenters. The molecule has 1 aliphatic heterocycles. The van der Waals surface area contributed by atoms with Crippen molar-refractivity contribution in [1.29, 1.82) is 0 Å². The molecule has 2 aromatic carbocycles. The van der Waals surface area contributed by atoms with Gasteiger partial charge in [-0.3, -0.25) is 4.79 Å². The number of carbonyl (C=O) groups excluding carboxylic acids is 1. The van der Waals surface area contributed by atoms with Gasteiger partial charge in [-0.05, 0) is 49.4 Å². The Morgan fingerprint density at radius 1 is 1.21 bits per heavy atom. The summed E-state index contributed by atoms with van der Waals surface area (Å²) >= 11 is 0. The molecule has 1 N–H and O–H groups in total. The third-order valence-electron chi connectivity index (χ3n) is 4.65. The molecule has 0 saturated carbocycles. The maximum atomic E-state index is 13.6. The summed E-state index contributed by atoms with van der Waals surface area (Å²) < 4.78 is 13.6. The summed E-state index contributed by atoms with van der Waals surface area (Å²) in [6, 6.07) is 15.3. The first-order chi connectivity index (χ1) is 11.6. The number of carbonyl (C=O) groups is 1. The summed E-state index contributed by atoms with van der Waals surface area (Å²) in [5.74, 6) is -0.236. The number of anilines is 1. The molecule has 0 bridgehead atoms. The number of para-hydroxylation sites is 1. The van der Waals surface area contributed by atoms with Gasteiger partial charge in [0.1, 0.15) is 5.82 Å². The summed E-state index contributed by atoms with van der Waals surface area (Å²) in [7, 11) is 0. The van der Waals surface area contributed by atoms with Crippen molar-refractivity contribution in [3.63, 3.8) is 0 Å². The number of hydrogen-bond donors (Lipinski definition) is 1. The van der Waals surface area contributed by atoms with E-state index in [1.54, 1.807) is 12.1 Å². The Morgan fingerprint density at radius 2 is 1.96 bits per heavy atom. The van der Waals surface area contributed by atoms with Gasteiger partial charge in [0.25, 0.3) is 0 Å². The van der Waals surface area contributed by atoms with Crippen molar-refractivity contribution in [2.24, 2.45) is 0 Å². The molecule has 0 fully saturated rings. The number of hydrogen-bond acceptors (Lipinski definition) is 2. The molecule has 1 aliphatic rings. The Labute approximate surface area is 142 Å². The van der Waals surface area contributed by atoms with Crippen molar-refractivity contribution in [2.45, 2.75) is 32.2 Å². The lowest BCUT2D eigenvalue weighted by atomic mass is 9.96. The number of nitrogens with one attached hydrogen (secondary N) is 1. The molecule has 3 rings (SSSR count). The molecule has 0 radical (unpaired) electrons. The summed E-state index contributed by atoms with van der Waals surface area (Å²) in [6.07, 6.45) is 2.62. The van der Waals surface area contributed by atoms with Crippen LogP contribution in [0.15, 0.2) is 48.5 Å². The van der Waals surface area contributed by atoms with Crippen LogP contribution >= 0.6 is 0 Å². The number of fused-ring (bicyclic) bond motifs is 1. The van der Waals surface area contributed by atoms with Crippen LogP contribution in [0.3, 0.4) is 0 Å². The van der Waals surface area contributed by atoms with Crippen LogP contribution in [0.2, 0.25) is 0 Å². The minimum Gasteiger partial charge on any atom is -0.359 e. The number of benzene rings is 2. The number of halogens is 1. The lowest BCUT2D eigenvalue weighted by molar-refractivity contribution is -0.119. The second-order valence-electron chi connectivity index (χ2n) is 6.34. The SMILES string of the molecule is C[C@H]1CCc2ccccc2N1CC(=O)NCCc1ccccc1F. The first kappa shape index (κ1) is 16.5. The Bertz CT molecular complexity index is 716. The first-order valence-corrected chi connectivity index (χ1v) is 8.50. The van der Waals surface area contributed by atoms with Gasteiger partial charge in [-0.15, -0.1) is 0 Å². The second-order valence-corrected chi connectivity index (χ2v) is 6.34. The van der Waals surface area contributed by atoms with Crippen molar-refractivity contribution < 1.29 is 9.18 Å². The Kier molecular flexibility index (Phi) is 5.14. The van der Waals surface area contributed by atoms with Gasteiger partial charge in [0.05, 0.1) is 6.54 Å². The highest BCUT2D eigenvalue weighted by molar-refractivity contribution is 5.82. The third-order valence-corrected chi connectivity index (χ3v) is 4.65. The van der Waals surface area contributed by atoms with E-state index in [-0.39, 0.29) is 11.7 Å². The quantitative estimate of drug-likeness (QED) is 0.914. The van der Waals surface area contributed by atoms with E-state index in [9.17, 15) is 9.18 Å². The molecule has 0 saturated heterocycles. The predicted molar refractivity (Wildman–Crippen MR) is 94.7 cm³/mol. The fourth-order valence-electron chi connectivity index (χ4n) is 3.25. The molecule has 0 unspecified atom stereocenters. The van der Waals surface area contributed by atoms with Crippen LogP contribution in [-0.2, 0) is 17.6 Å². The van der Waals surface area contributed by atoms with Crippen molar-refractivity contribution in [3.8, 4) is 0 Å². The zero-order chi connectivity index (χ0) is 16.9. The van der Waals surface area contributed by atoms with Gasteiger partial charge in [-0.25, -0.2) is 4.39 Å². The molecule has 0 spiro atoms. The van der Waals surface area contributed by atoms with E-state index in [4.69, 9.17) is 0 Å². The van der Waals surface area contributed by atoms with Gasteiger partial charge < -0.3 is 10.2 Å².